The topological polar surface area (TPSA) is 96.0 Å². The highest BCUT2D eigenvalue weighted by Gasteiger charge is 2.31. The first-order chi connectivity index (χ1) is 18.8. The van der Waals surface area contributed by atoms with E-state index in [1.807, 2.05) is 30.3 Å². The van der Waals surface area contributed by atoms with Gasteiger partial charge in [-0.1, -0.05) is 36.9 Å². The van der Waals surface area contributed by atoms with E-state index in [0.29, 0.717) is 42.4 Å². The average molecular weight is 552 g/mol. The van der Waals surface area contributed by atoms with Crippen LogP contribution in [0.25, 0.3) is 10.8 Å². The molecule has 208 valence electrons. The smallest absolute Gasteiger partial charge is 0.258 e. The largest absolute Gasteiger partial charge is 0.385 e. The van der Waals surface area contributed by atoms with E-state index < -0.39 is 9.84 Å². The minimum Gasteiger partial charge on any atom is -0.385 e. The van der Waals surface area contributed by atoms with Gasteiger partial charge in [0, 0.05) is 60.3 Å². The van der Waals surface area contributed by atoms with Crippen molar-refractivity contribution in [2.45, 2.75) is 26.2 Å². The van der Waals surface area contributed by atoms with Crippen LogP contribution < -0.4 is 10.2 Å². The zero-order valence-electron chi connectivity index (χ0n) is 22.7. The fourth-order valence-electron chi connectivity index (χ4n) is 5.24. The summed E-state index contributed by atoms with van der Waals surface area (Å²) in [5.74, 6) is -0.357. The first-order valence-corrected chi connectivity index (χ1v) is 15.0. The molecule has 2 aromatic rings. The van der Waals surface area contributed by atoms with Crippen molar-refractivity contribution < 1.29 is 22.7 Å². The summed E-state index contributed by atoms with van der Waals surface area (Å²) in [6.45, 7) is 7.97. The molecule has 8 nitrogen and oxygen atoms in total. The molecule has 2 aliphatic rings. The number of hydrogen-bond donors (Lipinski definition) is 1. The highest BCUT2D eigenvalue weighted by Crippen LogP contribution is 2.40. The average Bonchev–Trinajstić information content (AvgIpc) is 3.21. The summed E-state index contributed by atoms with van der Waals surface area (Å²) < 4.78 is 30.5. The summed E-state index contributed by atoms with van der Waals surface area (Å²) in [4.78, 5) is 30.5. The number of nitrogens with zero attached hydrogens (tertiary/aromatic N) is 2. The van der Waals surface area contributed by atoms with Crippen molar-refractivity contribution in [2.24, 2.45) is 5.92 Å². The zero-order chi connectivity index (χ0) is 28.0. The van der Waals surface area contributed by atoms with Crippen LogP contribution in [0, 0.1) is 5.92 Å². The van der Waals surface area contributed by atoms with Gasteiger partial charge in [-0.05, 0) is 57.0 Å². The minimum atomic E-state index is -3.37. The van der Waals surface area contributed by atoms with E-state index in [1.54, 1.807) is 43.2 Å². The number of benzene rings is 2. The van der Waals surface area contributed by atoms with Gasteiger partial charge in [0.25, 0.3) is 5.91 Å². The van der Waals surface area contributed by atoms with E-state index in [0.717, 1.165) is 42.3 Å². The number of amides is 2. The van der Waals surface area contributed by atoms with E-state index in [2.05, 4.69) is 16.8 Å². The molecule has 2 heterocycles. The maximum absolute atomic E-state index is 13.3. The molecule has 0 aromatic heterocycles. The number of carbonyl (C=O) groups excluding carboxylic acids is 2. The fourth-order valence-corrected chi connectivity index (χ4v) is 6.34. The van der Waals surface area contributed by atoms with Crippen LogP contribution in [0.1, 0.15) is 36.5 Å². The molecule has 9 heteroatoms. The Labute approximate surface area is 230 Å². The number of carbonyl (C=O) groups is 2. The lowest BCUT2D eigenvalue weighted by Gasteiger charge is -2.32. The van der Waals surface area contributed by atoms with E-state index in [9.17, 15) is 18.0 Å². The normalized spacial score (nSPS) is 18.3. The predicted octanol–water partition coefficient (Wildman–Crippen LogP) is 4.55. The van der Waals surface area contributed by atoms with Crippen LogP contribution in [0.2, 0.25) is 0 Å². The summed E-state index contributed by atoms with van der Waals surface area (Å²) in [5, 5.41) is 4.80. The Morgan fingerprint density at radius 3 is 2.79 bits per heavy atom. The second-order valence-corrected chi connectivity index (χ2v) is 12.3. The van der Waals surface area contributed by atoms with Crippen LogP contribution in [-0.4, -0.2) is 70.8 Å². The summed E-state index contributed by atoms with van der Waals surface area (Å²) in [5.41, 5.74) is 2.18. The van der Waals surface area contributed by atoms with Crippen molar-refractivity contribution in [3.8, 4) is 0 Å². The van der Waals surface area contributed by atoms with Gasteiger partial charge >= 0.3 is 0 Å². The van der Waals surface area contributed by atoms with E-state index in [-0.39, 0.29) is 23.5 Å². The zero-order valence-corrected chi connectivity index (χ0v) is 23.5. The van der Waals surface area contributed by atoms with E-state index in [4.69, 9.17) is 4.74 Å². The maximum Gasteiger partial charge on any atom is 0.258 e. The Hall–Kier alpha value is -3.27. The van der Waals surface area contributed by atoms with Crippen molar-refractivity contribution in [2.75, 3.05) is 55.9 Å². The van der Waals surface area contributed by atoms with Gasteiger partial charge in [0.2, 0.25) is 5.91 Å². The first kappa shape index (κ1) is 28.7. The van der Waals surface area contributed by atoms with Gasteiger partial charge in [-0.25, -0.2) is 8.42 Å². The standard InChI is InChI=1S/C30H37N3O5S/c1-4-5-6-10-22(2)39(36,37)20-18-32-16-8-11-23(21-32)29(34)31-26-14-15-27-28-24(26)12-7-13-25(28)30(35)33(27)17-9-19-38-3/h4-7,10,12-15,23H,1,8-9,11,16-21H2,2-3H3,(H,31,34)/b6-5-,22-10+. The molecule has 0 bridgehead atoms. The van der Waals surface area contributed by atoms with Crippen LogP contribution in [0.15, 0.2) is 66.1 Å². The fraction of sp³-hybridized carbons (Fsp3) is 0.400. The third kappa shape index (κ3) is 6.49. The lowest BCUT2D eigenvalue weighted by Crippen LogP contribution is -2.42. The monoisotopic (exact) mass is 551 g/mol. The van der Waals surface area contributed by atoms with Crippen LogP contribution in [0.5, 0.6) is 0 Å². The summed E-state index contributed by atoms with van der Waals surface area (Å²) in [7, 11) is -1.73. The molecule has 0 radical (unpaired) electrons. The third-order valence-electron chi connectivity index (χ3n) is 7.39. The molecule has 0 aliphatic carbocycles. The van der Waals surface area contributed by atoms with Crippen LogP contribution in [0.3, 0.4) is 0 Å². The molecule has 4 rings (SSSR count). The van der Waals surface area contributed by atoms with Crippen molar-refractivity contribution in [3.63, 3.8) is 0 Å². The Morgan fingerprint density at radius 2 is 2.03 bits per heavy atom. The maximum atomic E-state index is 13.3. The highest BCUT2D eigenvalue weighted by molar-refractivity contribution is 7.95. The number of ether oxygens (including phenoxy) is 1. The number of piperidine rings is 1. The number of nitrogens with one attached hydrogen (secondary N) is 1. The number of sulfone groups is 1. The molecule has 2 aliphatic heterocycles. The molecule has 1 atom stereocenters. The van der Waals surface area contributed by atoms with Gasteiger partial charge in [-0.3, -0.25) is 9.59 Å². The summed E-state index contributed by atoms with van der Waals surface area (Å²) >= 11 is 0. The molecule has 0 saturated carbocycles. The predicted molar refractivity (Wildman–Crippen MR) is 157 cm³/mol. The molecule has 1 unspecified atom stereocenters. The number of likely N-dealkylation sites (tertiary alicyclic amines) is 1. The molecule has 2 amide bonds. The summed E-state index contributed by atoms with van der Waals surface area (Å²) in [6.07, 6.45) is 8.82. The lowest BCUT2D eigenvalue weighted by atomic mass is 9.96. The molecule has 0 spiro atoms. The van der Waals surface area contributed by atoms with E-state index >= 15 is 0 Å². The number of methoxy groups -OCH3 is 1. The van der Waals surface area contributed by atoms with Crippen molar-refractivity contribution in [1.82, 2.24) is 4.90 Å². The molecule has 1 saturated heterocycles. The van der Waals surface area contributed by atoms with Crippen LogP contribution in [0.4, 0.5) is 11.4 Å². The van der Waals surface area contributed by atoms with Crippen molar-refractivity contribution >= 4 is 43.8 Å². The van der Waals surface area contributed by atoms with Gasteiger partial charge < -0.3 is 19.9 Å². The van der Waals surface area contributed by atoms with Crippen molar-refractivity contribution in [1.29, 1.82) is 0 Å². The minimum absolute atomic E-state index is 0.00931. The Morgan fingerprint density at radius 1 is 1.21 bits per heavy atom. The molecule has 2 aromatic carbocycles. The quantitative estimate of drug-likeness (QED) is 0.307. The molecule has 1 N–H and O–H groups in total. The molecular weight excluding hydrogens is 514 g/mol. The Bertz CT molecular complexity index is 1410. The SMILES string of the molecule is C=C/C=C\C=C(/C)S(=O)(=O)CCN1CCCC(C(=O)Nc2ccc3c4c(cccc24)C(=O)N3CCCOC)C1. The number of rotatable bonds is 12. The first-order valence-electron chi connectivity index (χ1n) is 13.4. The molecular formula is C30H37N3O5S. The van der Waals surface area contributed by atoms with Gasteiger partial charge in [0.05, 0.1) is 17.4 Å². The van der Waals surface area contributed by atoms with Gasteiger partial charge in [0.15, 0.2) is 9.84 Å². The van der Waals surface area contributed by atoms with Gasteiger partial charge in [-0.2, -0.15) is 0 Å². The second-order valence-electron chi connectivity index (χ2n) is 10.0. The summed E-state index contributed by atoms with van der Waals surface area (Å²) in [6, 6.07) is 9.37. The van der Waals surface area contributed by atoms with Gasteiger partial charge in [0.1, 0.15) is 0 Å². The Balaban J connectivity index is 1.43. The molecule has 39 heavy (non-hydrogen) atoms. The number of anilines is 2. The van der Waals surface area contributed by atoms with Crippen molar-refractivity contribution in [3.05, 3.63) is 71.7 Å². The second kappa shape index (κ2) is 12.7. The molecule has 1 fully saturated rings. The van der Waals surface area contributed by atoms with Crippen LogP contribution in [-0.2, 0) is 19.4 Å². The number of allylic oxidation sites excluding steroid dienone is 5. The van der Waals surface area contributed by atoms with E-state index in [1.165, 1.54) is 0 Å². The van der Waals surface area contributed by atoms with Crippen LogP contribution >= 0.6 is 0 Å². The number of hydrogen-bond acceptors (Lipinski definition) is 6. The Kier molecular flexibility index (Phi) is 9.37. The highest BCUT2D eigenvalue weighted by atomic mass is 32.2. The lowest BCUT2D eigenvalue weighted by molar-refractivity contribution is -0.121. The van der Waals surface area contributed by atoms with Gasteiger partial charge in [-0.15, -0.1) is 0 Å². The third-order valence-corrected chi connectivity index (χ3v) is 9.23.